The fraction of sp³-hybridized carbons (Fsp3) is 0.571. The van der Waals surface area contributed by atoms with Gasteiger partial charge in [0.2, 0.25) is 0 Å². The first kappa shape index (κ1) is 12.9. The van der Waals surface area contributed by atoms with Gasteiger partial charge >= 0.3 is 0 Å². The van der Waals surface area contributed by atoms with Crippen molar-refractivity contribution in [3.63, 3.8) is 0 Å². The lowest BCUT2D eigenvalue weighted by atomic mass is 10.00. The molecule has 1 aromatic rings. The van der Waals surface area contributed by atoms with E-state index < -0.39 is 0 Å². The zero-order valence-corrected chi connectivity index (χ0v) is 11.1. The number of hydrogen-bond acceptors (Lipinski definition) is 3. The third-order valence-corrected chi connectivity index (χ3v) is 4.14. The molecule has 2 N–H and O–H groups in total. The first-order valence-electron chi connectivity index (χ1n) is 6.54. The Morgan fingerprint density at radius 1 is 1.29 bits per heavy atom. The van der Waals surface area contributed by atoms with E-state index in [-0.39, 0.29) is 0 Å². The van der Waals surface area contributed by atoms with Gasteiger partial charge in [-0.05, 0) is 50.5 Å². The van der Waals surface area contributed by atoms with Gasteiger partial charge in [0.1, 0.15) is 0 Å². The summed E-state index contributed by atoms with van der Waals surface area (Å²) >= 11 is 1.93. The van der Waals surface area contributed by atoms with Gasteiger partial charge in [-0.3, -0.25) is 0 Å². The summed E-state index contributed by atoms with van der Waals surface area (Å²) in [6, 6.07) is 10.6. The topological polar surface area (TPSA) is 24.1 Å². The zero-order chi connectivity index (χ0) is 11.8. The van der Waals surface area contributed by atoms with Gasteiger partial charge < -0.3 is 10.6 Å². The minimum absolute atomic E-state index is 0.838. The minimum Gasteiger partial charge on any atom is -0.316 e. The molecular formula is C14H22N2S. The molecule has 0 saturated carbocycles. The molecular weight excluding hydrogens is 228 g/mol. The van der Waals surface area contributed by atoms with Crippen molar-refractivity contribution in [2.24, 2.45) is 5.92 Å². The first-order valence-corrected chi connectivity index (χ1v) is 7.53. The quantitative estimate of drug-likeness (QED) is 0.599. The molecule has 3 heteroatoms. The van der Waals surface area contributed by atoms with Crippen LogP contribution in [-0.4, -0.2) is 31.9 Å². The molecule has 17 heavy (non-hydrogen) atoms. The fourth-order valence-electron chi connectivity index (χ4n) is 2.16. The summed E-state index contributed by atoms with van der Waals surface area (Å²) in [5.41, 5.74) is 0. The van der Waals surface area contributed by atoms with Crippen molar-refractivity contribution < 1.29 is 0 Å². The molecule has 1 unspecified atom stereocenters. The van der Waals surface area contributed by atoms with E-state index in [1.54, 1.807) is 0 Å². The van der Waals surface area contributed by atoms with Crippen molar-refractivity contribution in [2.75, 3.05) is 31.9 Å². The van der Waals surface area contributed by atoms with Crippen LogP contribution in [-0.2, 0) is 0 Å². The second-order valence-electron chi connectivity index (χ2n) is 4.58. The molecule has 1 heterocycles. The number of nitrogens with one attached hydrogen (secondary N) is 2. The van der Waals surface area contributed by atoms with E-state index >= 15 is 0 Å². The van der Waals surface area contributed by atoms with Crippen LogP contribution in [0.3, 0.4) is 0 Å². The number of hydrogen-bond donors (Lipinski definition) is 2. The monoisotopic (exact) mass is 250 g/mol. The average Bonchev–Trinajstić information content (AvgIpc) is 2.41. The highest BCUT2D eigenvalue weighted by molar-refractivity contribution is 7.99. The second kappa shape index (κ2) is 7.75. The van der Waals surface area contributed by atoms with Crippen LogP contribution in [0.5, 0.6) is 0 Å². The zero-order valence-electron chi connectivity index (χ0n) is 10.3. The minimum atomic E-state index is 0.838. The number of benzene rings is 1. The molecule has 1 saturated heterocycles. The Morgan fingerprint density at radius 3 is 2.94 bits per heavy atom. The highest BCUT2D eigenvalue weighted by atomic mass is 32.2. The van der Waals surface area contributed by atoms with E-state index in [1.165, 1.54) is 37.4 Å². The largest absolute Gasteiger partial charge is 0.316 e. The number of rotatable bonds is 6. The Kier molecular flexibility index (Phi) is 5.89. The maximum Gasteiger partial charge on any atom is 0.0106 e. The molecule has 0 bridgehead atoms. The Balaban J connectivity index is 1.51. The predicted molar refractivity (Wildman–Crippen MR) is 75.6 cm³/mol. The van der Waals surface area contributed by atoms with E-state index in [4.69, 9.17) is 0 Å². The first-order chi connectivity index (χ1) is 8.45. The molecule has 0 radical (unpaired) electrons. The molecule has 1 aromatic carbocycles. The summed E-state index contributed by atoms with van der Waals surface area (Å²) in [7, 11) is 0. The Labute approximate surface area is 109 Å². The van der Waals surface area contributed by atoms with Gasteiger partial charge in [0.05, 0.1) is 0 Å². The molecule has 1 aliphatic heterocycles. The fourth-order valence-corrected chi connectivity index (χ4v) is 2.99. The molecule has 1 aliphatic rings. The van der Waals surface area contributed by atoms with Crippen LogP contribution in [0, 0.1) is 5.92 Å². The van der Waals surface area contributed by atoms with E-state index in [1.807, 2.05) is 11.8 Å². The third-order valence-electron chi connectivity index (χ3n) is 3.12. The van der Waals surface area contributed by atoms with Crippen LogP contribution in [0.1, 0.15) is 12.8 Å². The van der Waals surface area contributed by atoms with Gasteiger partial charge in [0.25, 0.3) is 0 Å². The Bertz CT molecular complexity index is 296. The third kappa shape index (κ3) is 5.11. The Morgan fingerprint density at radius 2 is 2.18 bits per heavy atom. The van der Waals surface area contributed by atoms with E-state index in [0.717, 1.165) is 18.2 Å². The number of thioether (sulfide) groups is 1. The molecule has 94 valence electrons. The van der Waals surface area contributed by atoms with Gasteiger partial charge in [-0.2, -0.15) is 0 Å². The van der Waals surface area contributed by atoms with Crippen molar-refractivity contribution in [3.05, 3.63) is 30.3 Å². The molecule has 0 spiro atoms. The normalized spacial score (nSPS) is 20.4. The van der Waals surface area contributed by atoms with Crippen LogP contribution < -0.4 is 10.6 Å². The van der Waals surface area contributed by atoms with Gasteiger partial charge in [-0.15, -0.1) is 11.8 Å². The van der Waals surface area contributed by atoms with Gasteiger partial charge in [-0.1, -0.05) is 18.2 Å². The predicted octanol–water partition coefficient (Wildman–Crippen LogP) is 2.37. The molecule has 2 rings (SSSR count). The van der Waals surface area contributed by atoms with E-state index in [0.29, 0.717) is 0 Å². The molecule has 0 amide bonds. The van der Waals surface area contributed by atoms with Crippen molar-refractivity contribution in [2.45, 2.75) is 17.7 Å². The Hall–Kier alpha value is -0.510. The summed E-state index contributed by atoms with van der Waals surface area (Å²) in [5.74, 6) is 2.00. The van der Waals surface area contributed by atoms with Gasteiger partial charge in [-0.25, -0.2) is 0 Å². The summed E-state index contributed by atoms with van der Waals surface area (Å²) in [6.07, 6.45) is 2.72. The molecule has 0 aliphatic carbocycles. The maximum atomic E-state index is 3.56. The van der Waals surface area contributed by atoms with Crippen molar-refractivity contribution in [3.8, 4) is 0 Å². The second-order valence-corrected chi connectivity index (χ2v) is 5.75. The lowest BCUT2D eigenvalue weighted by molar-refractivity contribution is 0.363. The molecule has 1 atom stereocenters. The van der Waals surface area contributed by atoms with Gasteiger partial charge in [0, 0.05) is 17.2 Å². The molecule has 2 nitrogen and oxygen atoms in total. The highest BCUT2D eigenvalue weighted by Crippen LogP contribution is 2.15. The van der Waals surface area contributed by atoms with Crippen LogP contribution in [0.2, 0.25) is 0 Å². The van der Waals surface area contributed by atoms with Crippen molar-refractivity contribution in [1.29, 1.82) is 0 Å². The van der Waals surface area contributed by atoms with Crippen LogP contribution in [0.15, 0.2) is 35.2 Å². The summed E-state index contributed by atoms with van der Waals surface area (Å²) < 4.78 is 0. The lowest BCUT2D eigenvalue weighted by Crippen LogP contribution is -2.36. The van der Waals surface area contributed by atoms with Gasteiger partial charge in [0.15, 0.2) is 0 Å². The van der Waals surface area contributed by atoms with Crippen LogP contribution >= 0.6 is 11.8 Å². The SMILES string of the molecule is c1ccc(SCCNCC2CCCNC2)cc1. The van der Waals surface area contributed by atoms with Crippen molar-refractivity contribution in [1.82, 2.24) is 10.6 Å². The average molecular weight is 250 g/mol. The number of piperidine rings is 1. The molecule has 1 fully saturated rings. The maximum absolute atomic E-state index is 3.56. The highest BCUT2D eigenvalue weighted by Gasteiger charge is 2.11. The van der Waals surface area contributed by atoms with Crippen LogP contribution in [0.25, 0.3) is 0 Å². The van der Waals surface area contributed by atoms with Crippen LogP contribution in [0.4, 0.5) is 0 Å². The molecule has 0 aromatic heterocycles. The van der Waals surface area contributed by atoms with E-state index in [2.05, 4.69) is 41.0 Å². The van der Waals surface area contributed by atoms with Crippen molar-refractivity contribution >= 4 is 11.8 Å². The lowest BCUT2D eigenvalue weighted by Gasteiger charge is -2.22. The summed E-state index contributed by atoms with van der Waals surface area (Å²) in [6.45, 7) is 4.68. The van der Waals surface area contributed by atoms with E-state index in [9.17, 15) is 0 Å². The standard InChI is InChI=1S/C14H22N2S/c1-2-6-14(7-3-1)17-10-9-16-12-13-5-4-8-15-11-13/h1-3,6-7,13,15-16H,4-5,8-12H2. The summed E-state index contributed by atoms with van der Waals surface area (Å²) in [4.78, 5) is 1.37. The summed E-state index contributed by atoms with van der Waals surface area (Å²) in [5, 5.41) is 7.02. The smallest absolute Gasteiger partial charge is 0.0106 e.